The average Bonchev–Trinajstić information content (AvgIpc) is 3.25. The zero-order valence-electron chi connectivity index (χ0n) is 27.5. The molecule has 4 rings (SSSR count). The fourth-order valence-corrected chi connectivity index (χ4v) is 9.12. The molecule has 2 heteroatoms. The van der Waals surface area contributed by atoms with E-state index in [9.17, 15) is 0 Å². The third-order valence-corrected chi connectivity index (χ3v) is 11.7. The summed E-state index contributed by atoms with van der Waals surface area (Å²) in [5.41, 5.74) is 17.2. The number of rotatable bonds is 9. The van der Waals surface area contributed by atoms with Gasteiger partial charge in [0.2, 0.25) is 0 Å². The summed E-state index contributed by atoms with van der Waals surface area (Å²) >= 11 is 0. The van der Waals surface area contributed by atoms with Crippen LogP contribution in [0.2, 0.25) is 0 Å². The normalized spacial score (nSPS) is 16.5. The van der Waals surface area contributed by atoms with Crippen molar-refractivity contribution < 1.29 is 0 Å². The van der Waals surface area contributed by atoms with Gasteiger partial charge in [0.15, 0.2) is 0 Å². The first-order chi connectivity index (χ1) is 20.0. The Kier molecular flexibility index (Phi) is 11.5. The summed E-state index contributed by atoms with van der Waals surface area (Å²) in [4.78, 5) is 0. The van der Waals surface area contributed by atoms with Gasteiger partial charge in [-0.2, -0.15) is 0 Å². The molecule has 222 valence electrons. The molecule has 0 aromatic heterocycles. The number of fused-ring (bicyclic) bond motifs is 1. The van der Waals surface area contributed by atoms with Crippen LogP contribution in [-0.2, 0) is 11.8 Å². The highest BCUT2D eigenvalue weighted by Crippen LogP contribution is 2.50. The standard InChI is InChI=1S/C39H47P.CH5N/c1-11-17-31-25-35-33(20-16-21-36(35)39(31,8)9)28(6)32-22-23-34(30-18-14-13-15-19-30)38(29(32)7)40(10)37(26(3)4)24-27(5)12-2;1-2/h11,13-24,26,28H,1,5,12,25H2,2-4,6-10H3;2H2,1H3/b31-17+,37-24+;. The lowest BCUT2D eigenvalue weighted by Gasteiger charge is -2.29. The predicted molar refractivity (Wildman–Crippen MR) is 191 cm³/mol. The first-order valence-electron chi connectivity index (χ1n) is 15.4. The molecule has 2 unspecified atom stereocenters. The molecule has 2 atom stereocenters. The fourth-order valence-electron chi connectivity index (χ4n) is 6.51. The van der Waals surface area contributed by atoms with Gasteiger partial charge in [-0.25, -0.2) is 0 Å². The zero-order chi connectivity index (χ0) is 31.2. The molecule has 0 saturated heterocycles. The highest BCUT2D eigenvalue weighted by molar-refractivity contribution is 7.69. The van der Waals surface area contributed by atoms with Gasteiger partial charge in [-0.1, -0.05) is 153 Å². The lowest BCUT2D eigenvalue weighted by atomic mass is 9.81. The largest absolute Gasteiger partial charge is 0.333 e. The van der Waals surface area contributed by atoms with Gasteiger partial charge < -0.3 is 5.73 Å². The Balaban J connectivity index is 0.00000237. The van der Waals surface area contributed by atoms with Crippen LogP contribution in [0, 0.1) is 12.8 Å². The summed E-state index contributed by atoms with van der Waals surface area (Å²) in [6.45, 7) is 27.2. The van der Waals surface area contributed by atoms with Crippen molar-refractivity contribution in [3.8, 4) is 11.1 Å². The molecule has 3 aromatic rings. The second-order valence-electron chi connectivity index (χ2n) is 12.2. The van der Waals surface area contributed by atoms with Crippen LogP contribution in [0.1, 0.15) is 81.7 Å². The van der Waals surface area contributed by atoms with Crippen LogP contribution >= 0.6 is 7.92 Å². The van der Waals surface area contributed by atoms with Gasteiger partial charge in [0.05, 0.1) is 0 Å². The van der Waals surface area contributed by atoms with Crippen molar-refractivity contribution in [1.82, 2.24) is 0 Å². The van der Waals surface area contributed by atoms with Crippen LogP contribution < -0.4 is 11.0 Å². The molecule has 0 amide bonds. The Morgan fingerprint density at radius 3 is 2.24 bits per heavy atom. The van der Waals surface area contributed by atoms with Crippen molar-refractivity contribution >= 4 is 13.2 Å². The number of hydrogen-bond acceptors (Lipinski definition) is 1. The summed E-state index contributed by atoms with van der Waals surface area (Å²) in [7, 11) is 0.955. The maximum atomic E-state index is 4.50. The van der Waals surface area contributed by atoms with Crippen molar-refractivity contribution in [2.75, 3.05) is 13.7 Å². The van der Waals surface area contributed by atoms with E-state index in [2.05, 4.69) is 147 Å². The van der Waals surface area contributed by atoms with E-state index in [1.54, 1.807) is 0 Å². The highest BCUT2D eigenvalue weighted by atomic mass is 31.1. The van der Waals surface area contributed by atoms with E-state index in [1.807, 2.05) is 6.08 Å². The summed E-state index contributed by atoms with van der Waals surface area (Å²) in [5.74, 6) is 0.774. The molecule has 1 nitrogen and oxygen atoms in total. The molecule has 0 saturated carbocycles. The summed E-state index contributed by atoms with van der Waals surface area (Å²) < 4.78 is 0. The molecule has 1 aliphatic carbocycles. The quantitative estimate of drug-likeness (QED) is 0.199. The van der Waals surface area contributed by atoms with E-state index in [-0.39, 0.29) is 5.41 Å². The molecule has 0 bridgehead atoms. The van der Waals surface area contributed by atoms with Crippen LogP contribution in [0.25, 0.3) is 11.1 Å². The van der Waals surface area contributed by atoms with Crippen molar-refractivity contribution in [2.45, 2.75) is 72.6 Å². The molecular formula is C40H52NP. The molecule has 1 aliphatic rings. The monoisotopic (exact) mass is 577 g/mol. The molecule has 0 fully saturated rings. The average molecular weight is 578 g/mol. The SMILES string of the molecule is C=C/C=C1\Cc2c(C(C)c3ccc(-c4ccccc4)c(P(C)/C(=C/C(=C)CC)C(C)C)c3C)cccc2C1(C)C.CN. The van der Waals surface area contributed by atoms with E-state index in [1.165, 1.54) is 67.8 Å². The number of allylic oxidation sites excluding steroid dienone is 6. The lowest BCUT2D eigenvalue weighted by molar-refractivity contribution is 0.644. The molecule has 0 heterocycles. The minimum atomic E-state index is -0.545. The Labute approximate surface area is 258 Å². The number of nitrogens with two attached hydrogens (primary N) is 1. The molecule has 2 N–H and O–H groups in total. The number of hydrogen-bond donors (Lipinski definition) is 1. The predicted octanol–water partition coefficient (Wildman–Crippen LogP) is 10.6. The van der Waals surface area contributed by atoms with Crippen LogP contribution in [0.15, 0.2) is 109 Å². The summed E-state index contributed by atoms with van der Waals surface area (Å²) in [6.07, 6.45) is 8.55. The van der Waals surface area contributed by atoms with E-state index in [4.69, 9.17) is 0 Å². The molecule has 0 aliphatic heterocycles. The topological polar surface area (TPSA) is 26.0 Å². The molecule has 0 radical (unpaired) electrons. The maximum Gasteiger partial charge on any atom is 0.0114 e. The van der Waals surface area contributed by atoms with Crippen molar-refractivity contribution in [3.63, 3.8) is 0 Å². The van der Waals surface area contributed by atoms with Gasteiger partial charge in [0, 0.05) is 11.3 Å². The first-order valence-corrected chi connectivity index (χ1v) is 17.2. The van der Waals surface area contributed by atoms with Crippen LogP contribution in [-0.4, -0.2) is 13.7 Å². The third-order valence-electron chi connectivity index (χ3n) is 8.99. The Morgan fingerprint density at radius 1 is 0.976 bits per heavy atom. The second-order valence-corrected chi connectivity index (χ2v) is 14.2. The molecular weight excluding hydrogens is 525 g/mol. The van der Waals surface area contributed by atoms with Crippen molar-refractivity contribution in [3.05, 3.63) is 136 Å². The van der Waals surface area contributed by atoms with Gasteiger partial charge >= 0.3 is 0 Å². The van der Waals surface area contributed by atoms with Gasteiger partial charge in [0.1, 0.15) is 0 Å². The molecule has 42 heavy (non-hydrogen) atoms. The highest BCUT2D eigenvalue weighted by Gasteiger charge is 2.36. The second kappa shape index (κ2) is 14.5. The van der Waals surface area contributed by atoms with Crippen LogP contribution in [0.4, 0.5) is 0 Å². The molecule has 0 spiro atoms. The van der Waals surface area contributed by atoms with Gasteiger partial charge in [-0.05, 0) is 89.0 Å². The van der Waals surface area contributed by atoms with Gasteiger partial charge in [0.25, 0.3) is 0 Å². The van der Waals surface area contributed by atoms with E-state index in [0.717, 1.165) is 12.8 Å². The third kappa shape index (κ3) is 6.64. The van der Waals surface area contributed by atoms with Gasteiger partial charge in [-0.3, -0.25) is 0 Å². The minimum Gasteiger partial charge on any atom is -0.333 e. The van der Waals surface area contributed by atoms with Crippen molar-refractivity contribution in [2.24, 2.45) is 11.7 Å². The minimum absolute atomic E-state index is 0.0347. The Morgan fingerprint density at radius 2 is 1.64 bits per heavy atom. The number of benzene rings is 3. The molecule has 3 aromatic carbocycles. The first kappa shape index (κ1) is 33.5. The van der Waals surface area contributed by atoms with Crippen molar-refractivity contribution in [1.29, 1.82) is 0 Å². The Hall–Kier alpha value is -2.99. The fraction of sp³-hybridized carbons (Fsp3) is 0.350. The van der Waals surface area contributed by atoms with Crippen LogP contribution in [0.3, 0.4) is 0 Å². The lowest BCUT2D eigenvalue weighted by Crippen LogP contribution is -2.17. The smallest absolute Gasteiger partial charge is 0.0114 e. The van der Waals surface area contributed by atoms with E-state index >= 15 is 0 Å². The maximum absolute atomic E-state index is 4.50. The summed E-state index contributed by atoms with van der Waals surface area (Å²) in [5, 5.41) is 3.03. The zero-order valence-corrected chi connectivity index (χ0v) is 28.4. The summed E-state index contributed by atoms with van der Waals surface area (Å²) in [6, 6.07) is 22.7. The van der Waals surface area contributed by atoms with E-state index < -0.39 is 7.92 Å². The van der Waals surface area contributed by atoms with E-state index in [0.29, 0.717) is 11.8 Å². The van der Waals surface area contributed by atoms with Crippen LogP contribution in [0.5, 0.6) is 0 Å². The van der Waals surface area contributed by atoms with Gasteiger partial charge in [-0.15, -0.1) is 0 Å². The Bertz CT molecular complexity index is 1470.